The van der Waals surface area contributed by atoms with Gasteiger partial charge in [-0.15, -0.1) is 0 Å². The van der Waals surface area contributed by atoms with Gasteiger partial charge in [-0.3, -0.25) is 4.90 Å². The van der Waals surface area contributed by atoms with E-state index in [9.17, 15) is 0 Å². The number of halogens is 2. The minimum atomic E-state index is 0.418. The quantitative estimate of drug-likeness (QED) is 0.568. The molecule has 0 bridgehead atoms. The fourth-order valence-corrected chi connectivity index (χ4v) is 4.28. The molecule has 0 saturated heterocycles. The van der Waals surface area contributed by atoms with Gasteiger partial charge >= 0.3 is 0 Å². The summed E-state index contributed by atoms with van der Waals surface area (Å²) in [7, 11) is 2.20. The summed E-state index contributed by atoms with van der Waals surface area (Å²) in [6.45, 7) is 4.37. The summed E-state index contributed by atoms with van der Waals surface area (Å²) >= 11 is 12.3. The van der Waals surface area contributed by atoms with Crippen molar-refractivity contribution in [3.05, 3.63) is 69.3 Å². The first-order valence-corrected chi connectivity index (χ1v) is 9.55. The minimum Gasteiger partial charge on any atom is -0.344 e. The molecule has 0 radical (unpaired) electrons. The van der Waals surface area contributed by atoms with Crippen LogP contribution in [-0.2, 0) is 19.4 Å². The standard InChI is InChI=1S/C21H22Cl2N2/c1-14-21-18-13-17(23)7-8-19(18)25(20(21)10-11-24(14)2)12-9-15-3-5-16(22)6-4-15/h3-8,13-14H,9-12H2,1-2H3. The molecule has 1 unspecified atom stereocenters. The van der Waals surface area contributed by atoms with Gasteiger partial charge in [-0.2, -0.15) is 0 Å². The fraction of sp³-hybridized carbons (Fsp3) is 0.333. The van der Waals surface area contributed by atoms with Crippen LogP contribution < -0.4 is 0 Å². The van der Waals surface area contributed by atoms with Gasteiger partial charge in [0.15, 0.2) is 0 Å². The lowest BCUT2D eigenvalue weighted by Crippen LogP contribution is -2.31. The van der Waals surface area contributed by atoms with Gasteiger partial charge in [0.1, 0.15) is 0 Å². The second-order valence-electron chi connectivity index (χ2n) is 6.96. The van der Waals surface area contributed by atoms with E-state index in [2.05, 4.69) is 47.7 Å². The maximum atomic E-state index is 6.31. The predicted octanol–water partition coefficient (Wildman–Crippen LogP) is 5.74. The Balaban J connectivity index is 1.76. The Morgan fingerprint density at radius 3 is 2.52 bits per heavy atom. The van der Waals surface area contributed by atoms with Gasteiger partial charge in [0.2, 0.25) is 0 Å². The average Bonchev–Trinajstić information content (AvgIpc) is 2.91. The largest absolute Gasteiger partial charge is 0.344 e. The fourth-order valence-electron chi connectivity index (χ4n) is 3.99. The molecule has 0 aliphatic carbocycles. The summed E-state index contributed by atoms with van der Waals surface area (Å²) in [5.74, 6) is 0. The Bertz CT molecular complexity index is 912. The SMILES string of the molecule is CC1c2c(n(CCc3ccc(Cl)cc3)c3ccc(Cl)cc23)CCN1C. The first-order valence-electron chi connectivity index (χ1n) is 8.80. The van der Waals surface area contributed by atoms with Crippen molar-refractivity contribution in [3.63, 3.8) is 0 Å². The summed E-state index contributed by atoms with van der Waals surface area (Å²) in [5, 5.41) is 2.90. The predicted molar refractivity (Wildman–Crippen MR) is 107 cm³/mol. The highest BCUT2D eigenvalue weighted by Crippen LogP contribution is 2.38. The lowest BCUT2D eigenvalue weighted by atomic mass is 9.97. The second-order valence-corrected chi connectivity index (χ2v) is 7.83. The van der Waals surface area contributed by atoms with Crippen LogP contribution in [0.2, 0.25) is 10.0 Å². The molecule has 0 N–H and O–H groups in total. The van der Waals surface area contributed by atoms with Gasteiger partial charge in [-0.25, -0.2) is 0 Å². The third-order valence-electron chi connectivity index (χ3n) is 5.49. The van der Waals surface area contributed by atoms with E-state index in [4.69, 9.17) is 23.2 Å². The molecule has 1 aliphatic heterocycles. The highest BCUT2D eigenvalue weighted by atomic mass is 35.5. The van der Waals surface area contributed by atoms with Crippen LogP contribution in [0.3, 0.4) is 0 Å². The lowest BCUT2D eigenvalue weighted by molar-refractivity contribution is 0.245. The highest BCUT2D eigenvalue weighted by molar-refractivity contribution is 6.31. The van der Waals surface area contributed by atoms with Crippen LogP contribution in [-0.4, -0.2) is 23.1 Å². The van der Waals surface area contributed by atoms with E-state index in [1.54, 1.807) is 0 Å². The zero-order chi connectivity index (χ0) is 17.6. The van der Waals surface area contributed by atoms with E-state index in [1.165, 1.54) is 27.7 Å². The maximum absolute atomic E-state index is 6.31. The van der Waals surface area contributed by atoms with Gasteiger partial charge in [0, 0.05) is 52.2 Å². The second kappa shape index (κ2) is 6.68. The zero-order valence-corrected chi connectivity index (χ0v) is 16.1. The van der Waals surface area contributed by atoms with Crippen LogP contribution in [0.15, 0.2) is 42.5 Å². The molecule has 0 saturated carbocycles. The van der Waals surface area contributed by atoms with Crippen molar-refractivity contribution >= 4 is 34.1 Å². The van der Waals surface area contributed by atoms with Gasteiger partial charge < -0.3 is 4.57 Å². The van der Waals surface area contributed by atoms with Gasteiger partial charge in [0.05, 0.1) is 0 Å². The van der Waals surface area contributed by atoms with Crippen LogP contribution >= 0.6 is 23.2 Å². The third kappa shape index (κ3) is 3.08. The molecule has 4 heteroatoms. The first kappa shape index (κ1) is 17.0. The molecule has 1 atom stereocenters. The highest BCUT2D eigenvalue weighted by Gasteiger charge is 2.27. The van der Waals surface area contributed by atoms with Crippen molar-refractivity contribution in [2.45, 2.75) is 32.4 Å². The van der Waals surface area contributed by atoms with Crippen molar-refractivity contribution in [1.29, 1.82) is 0 Å². The summed E-state index contributed by atoms with van der Waals surface area (Å²) in [5.41, 5.74) is 5.53. The van der Waals surface area contributed by atoms with Crippen molar-refractivity contribution < 1.29 is 0 Å². The summed E-state index contributed by atoms with van der Waals surface area (Å²) in [4.78, 5) is 2.42. The van der Waals surface area contributed by atoms with E-state index >= 15 is 0 Å². The van der Waals surface area contributed by atoms with Crippen LogP contribution in [0.4, 0.5) is 0 Å². The first-order chi connectivity index (χ1) is 12.0. The Kier molecular flexibility index (Phi) is 4.53. The average molecular weight is 373 g/mol. The number of nitrogens with zero attached hydrogens (tertiary/aromatic N) is 2. The Morgan fingerprint density at radius 2 is 1.76 bits per heavy atom. The van der Waals surface area contributed by atoms with Crippen LogP contribution in [0.5, 0.6) is 0 Å². The Morgan fingerprint density at radius 1 is 1.04 bits per heavy atom. The minimum absolute atomic E-state index is 0.418. The molecule has 1 aliphatic rings. The monoisotopic (exact) mass is 372 g/mol. The number of likely N-dealkylation sites (N-methyl/N-ethyl adjacent to an activating group) is 1. The third-order valence-corrected chi connectivity index (χ3v) is 5.98. The lowest BCUT2D eigenvalue weighted by Gasteiger charge is -2.31. The topological polar surface area (TPSA) is 8.17 Å². The van der Waals surface area contributed by atoms with Crippen LogP contribution in [0.1, 0.15) is 29.8 Å². The summed E-state index contributed by atoms with van der Waals surface area (Å²) in [6.07, 6.45) is 2.09. The van der Waals surface area contributed by atoms with E-state index in [0.717, 1.165) is 36.0 Å². The van der Waals surface area contributed by atoms with Gasteiger partial charge in [-0.05, 0) is 61.9 Å². The summed E-state index contributed by atoms with van der Waals surface area (Å²) < 4.78 is 2.50. The Hall–Kier alpha value is -1.48. The number of aromatic nitrogens is 1. The molecular formula is C21H22Cl2N2. The molecule has 1 aromatic heterocycles. The molecule has 0 fully saturated rings. The van der Waals surface area contributed by atoms with Crippen LogP contribution in [0, 0.1) is 0 Å². The molecule has 25 heavy (non-hydrogen) atoms. The molecule has 2 nitrogen and oxygen atoms in total. The number of benzene rings is 2. The Labute approximate surface area is 159 Å². The van der Waals surface area contributed by atoms with Crippen molar-refractivity contribution in [2.24, 2.45) is 0 Å². The number of hydrogen-bond donors (Lipinski definition) is 0. The number of rotatable bonds is 3. The van der Waals surface area contributed by atoms with E-state index in [1.807, 2.05) is 18.2 Å². The molecular weight excluding hydrogens is 351 g/mol. The van der Waals surface area contributed by atoms with E-state index in [-0.39, 0.29) is 0 Å². The molecule has 0 amide bonds. The van der Waals surface area contributed by atoms with Crippen molar-refractivity contribution in [1.82, 2.24) is 9.47 Å². The normalized spacial score (nSPS) is 17.8. The van der Waals surface area contributed by atoms with Gasteiger partial charge in [0.25, 0.3) is 0 Å². The van der Waals surface area contributed by atoms with E-state index < -0.39 is 0 Å². The van der Waals surface area contributed by atoms with E-state index in [0.29, 0.717) is 6.04 Å². The molecule has 2 heterocycles. The molecule has 0 spiro atoms. The smallest absolute Gasteiger partial charge is 0.0487 e. The van der Waals surface area contributed by atoms with Crippen molar-refractivity contribution in [3.8, 4) is 0 Å². The number of fused-ring (bicyclic) bond motifs is 3. The summed E-state index contributed by atoms with van der Waals surface area (Å²) in [6, 6.07) is 14.9. The molecule has 2 aromatic carbocycles. The molecule has 4 rings (SSSR count). The van der Waals surface area contributed by atoms with Gasteiger partial charge in [-0.1, -0.05) is 35.3 Å². The van der Waals surface area contributed by atoms with Crippen LogP contribution in [0.25, 0.3) is 10.9 Å². The van der Waals surface area contributed by atoms with Crippen molar-refractivity contribution in [2.75, 3.05) is 13.6 Å². The molecule has 3 aromatic rings. The zero-order valence-electron chi connectivity index (χ0n) is 14.6. The maximum Gasteiger partial charge on any atom is 0.0487 e. The number of hydrogen-bond acceptors (Lipinski definition) is 1. The number of aryl methyl sites for hydroxylation is 2. The molecule has 130 valence electrons.